The summed E-state index contributed by atoms with van der Waals surface area (Å²) in [6.07, 6.45) is 0. The lowest BCUT2D eigenvalue weighted by Gasteiger charge is -2.17. The fraction of sp³-hybridized carbons (Fsp3) is 0.0800. The first-order chi connectivity index (χ1) is 14.9. The number of carboxylic acid groups (broad SMARTS) is 1. The van der Waals surface area contributed by atoms with Gasteiger partial charge in [0.05, 0.1) is 16.8 Å². The van der Waals surface area contributed by atoms with Gasteiger partial charge in [-0.3, -0.25) is 0 Å². The maximum absolute atomic E-state index is 11.5. The summed E-state index contributed by atoms with van der Waals surface area (Å²) in [6.45, 7) is 2.43. The third-order valence-corrected chi connectivity index (χ3v) is 6.16. The van der Waals surface area contributed by atoms with E-state index in [0.717, 1.165) is 42.9 Å². The van der Waals surface area contributed by atoms with Gasteiger partial charge in [0.2, 0.25) is 0 Å². The molecule has 0 aliphatic carbocycles. The molecule has 0 aliphatic heterocycles. The third kappa shape index (κ3) is 4.60. The van der Waals surface area contributed by atoms with Crippen LogP contribution in [0.25, 0.3) is 16.9 Å². The van der Waals surface area contributed by atoms with Crippen LogP contribution in [0.3, 0.4) is 0 Å². The van der Waals surface area contributed by atoms with Crippen molar-refractivity contribution in [1.82, 2.24) is 4.57 Å². The van der Waals surface area contributed by atoms with E-state index in [-0.39, 0.29) is 5.56 Å². The number of ether oxygens (including phenoxy) is 1. The first-order valence-electron chi connectivity index (χ1n) is 9.62. The molecule has 0 unspecified atom stereocenters. The van der Waals surface area contributed by atoms with Gasteiger partial charge >= 0.3 is 5.97 Å². The molecule has 0 atom stereocenters. The zero-order valence-corrected chi connectivity index (χ0v) is 19.9. The van der Waals surface area contributed by atoms with Crippen LogP contribution in [-0.2, 0) is 6.61 Å². The molecule has 3 aromatic carbocycles. The molecule has 1 heterocycles. The van der Waals surface area contributed by atoms with E-state index in [1.165, 1.54) is 0 Å². The molecular weight excluding hydrogens is 522 g/mol. The van der Waals surface area contributed by atoms with E-state index in [0.29, 0.717) is 6.61 Å². The largest absolute Gasteiger partial charge is 0.488 e. The monoisotopic (exact) mass is 539 g/mol. The summed E-state index contributed by atoms with van der Waals surface area (Å²) in [6, 6.07) is 24.9. The molecule has 4 aromatic rings. The fourth-order valence-corrected chi connectivity index (χ4v) is 4.28. The third-order valence-electron chi connectivity index (χ3n) is 4.97. The van der Waals surface area contributed by atoms with Gasteiger partial charge < -0.3 is 14.4 Å². The molecule has 0 spiro atoms. The van der Waals surface area contributed by atoms with Gasteiger partial charge in [0, 0.05) is 20.3 Å². The van der Waals surface area contributed by atoms with Crippen LogP contribution in [0.4, 0.5) is 0 Å². The van der Waals surface area contributed by atoms with Gasteiger partial charge in [0.25, 0.3) is 0 Å². The molecule has 31 heavy (non-hydrogen) atoms. The van der Waals surface area contributed by atoms with Gasteiger partial charge in [-0.1, -0.05) is 40.2 Å². The standard InChI is InChI=1S/C25H19Br2NO3/c1-16-8-13-22(28(16)20-5-2-4-18(14-20)25(29)30)24-21(27)6-3-7-23(24)31-15-17-9-11-19(26)12-10-17/h2-14H,15H2,1H3,(H,29,30). The average molecular weight is 541 g/mol. The lowest BCUT2D eigenvalue weighted by Crippen LogP contribution is -2.04. The van der Waals surface area contributed by atoms with Gasteiger partial charge in [-0.25, -0.2) is 4.79 Å². The molecule has 0 bridgehead atoms. The van der Waals surface area contributed by atoms with Crippen LogP contribution < -0.4 is 4.74 Å². The Hall–Kier alpha value is -2.83. The zero-order valence-electron chi connectivity index (χ0n) is 16.7. The second-order valence-corrected chi connectivity index (χ2v) is 8.85. The Morgan fingerprint density at radius 3 is 2.45 bits per heavy atom. The molecule has 0 amide bonds. The quantitative estimate of drug-likeness (QED) is 0.280. The van der Waals surface area contributed by atoms with E-state index in [1.54, 1.807) is 18.2 Å². The van der Waals surface area contributed by atoms with Crippen LogP contribution in [0.1, 0.15) is 21.6 Å². The van der Waals surface area contributed by atoms with E-state index in [1.807, 2.05) is 72.2 Å². The first-order valence-corrected chi connectivity index (χ1v) is 11.2. The lowest BCUT2D eigenvalue weighted by molar-refractivity contribution is 0.0697. The van der Waals surface area contributed by atoms with Crippen molar-refractivity contribution in [3.05, 3.63) is 105 Å². The minimum absolute atomic E-state index is 0.246. The highest BCUT2D eigenvalue weighted by Crippen LogP contribution is 2.39. The Morgan fingerprint density at radius 1 is 0.968 bits per heavy atom. The van der Waals surface area contributed by atoms with Gasteiger partial charge in [0.15, 0.2) is 0 Å². The van der Waals surface area contributed by atoms with E-state index >= 15 is 0 Å². The molecule has 0 aliphatic rings. The predicted octanol–water partition coefficient (Wildman–Crippen LogP) is 7.25. The Morgan fingerprint density at radius 2 is 1.71 bits per heavy atom. The summed E-state index contributed by atoms with van der Waals surface area (Å²) < 4.78 is 10.2. The van der Waals surface area contributed by atoms with Crippen molar-refractivity contribution in [1.29, 1.82) is 0 Å². The highest BCUT2D eigenvalue weighted by atomic mass is 79.9. The number of halogens is 2. The fourth-order valence-electron chi connectivity index (χ4n) is 3.47. The molecule has 4 nitrogen and oxygen atoms in total. The van der Waals surface area contributed by atoms with Crippen LogP contribution in [0, 0.1) is 6.92 Å². The summed E-state index contributed by atoms with van der Waals surface area (Å²) in [5.41, 5.74) is 4.91. The van der Waals surface area contributed by atoms with Gasteiger partial charge in [-0.15, -0.1) is 0 Å². The number of hydrogen-bond donors (Lipinski definition) is 1. The first kappa shape index (κ1) is 21.4. The maximum atomic E-state index is 11.5. The number of rotatable bonds is 6. The summed E-state index contributed by atoms with van der Waals surface area (Å²) in [7, 11) is 0. The highest BCUT2D eigenvalue weighted by Gasteiger charge is 2.18. The SMILES string of the molecule is Cc1ccc(-c2c(Br)cccc2OCc2ccc(Br)cc2)n1-c1cccc(C(=O)O)c1. The number of carbonyl (C=O) groups is 1. The average Bonchev–Trinajstić information content (AvgIpc) is 3.14. The smallest absolute Gasteiger partial charge is 0.335 e. The van der Waals surface area contributed by atoms with Crippen molar-refractivity contribution in [3.63, 3.8) is 0 Å². The Bertz CT molecular complexity index is 1250. The van der Waals surface area contributed by atoms with Crippen molar-refractivity contribution in [2.75, 3.05) is 0 Å². The minimum Gasteiger partial charge on any atom is -0.488 e. The molecular formula is C25H19Br2NO3. The number of carboxylic acids is 1. The van der Waals surface area contributed by atoms with Crippen LogP contribution in [0.15, 0.2) is 87.8 Å². The van der Waals surface area contributed by atoms with Crippen LogP contribution in [0.5, 0.6) is 5.75 Å². The number of benzene rings is 3. The zero-order chi connectivity index (χ0) is 22.0. The van der Waals surface area contributed by atoms with Crippen molar-refractivity contribution in [3.8, 4) is 22.7 Å². The van der Waals surface area contributed by atoms with Crippen LogP contribution in [-0.4, -0.2) is 15.6 Å². The lowest BCUT2D eigenvalue weighted by atomic mass is 10.1. The minimum atomic E-state index is -0.951. The van der Waals surface area contributed by atoms with E-state index in [4.69, 9.17) is 4.74 Å². The number of aryl methyl sites for hydroxylation is 1. The molecule has 1 N–H and O–H groups in total. The molecule has 0 fully saturated rings. The van der Waals surface area contributed by atoms with E-state index in [2.05, 4.69) is 31.9 Å². The Balaban J connectivity index is 1.76. The highest BCUT2D eigenvalue weighted by molar-refractivity contribution is 9.10. The van der Waals surface area contributed by atoms with Gasteiger partial charge in [-0.05, 0) is 83.0 Å². The summed E-state index contributed by atoms with van der Waals surface area (Å²) in [4.78, 5) is 11.5. The Labute approximate surface area is 197 Å². The normalized spacial score (nSPS) is 10.8. The van der Waals surface area contributed by atoms with Gasteiger partial charge in [-0.2, -0.15) is 0 Å². The molecule has 0 radical (unpaired) electrons. The van der Waals surface area contributed by atoms with E-state index < -0.39 is 5.97 Å². The molecule has 6 heteroatoms. The Kier molecular flexibility index (Phi) is 6.30. The van der Waals surface area contributed by atoms with Crippen molar-refractivity contribution >= 4 is 37.8 Å². The molecule has 4 rings (SSSR count). The van der Waals surface area contributed by atoms with Crippen molar-refractivity contribution in [2.24, 2.45) is 0 Å². The second kappa shape index (κ2) is 9.12. The topological polar surface area (TPSA) is 51.5 Å². The van der Waals surface area contributed by atoms with Crippen LogP contribution >= 0.6 is 31.9 Å². The summed E-state index contributed by atoms with van der Waals surface area (Å²) in [5.74, 6) is -0.210. The van der Waals surface area contributed by atoms with Crippen molar-refractivity contribution in [2.45, 2.75) is 13.5 Å². The summed E-state index contributed by atoms with van der Waals surface area (Å²) in [5, 5.41) is 9.41. The molecule has 1 aromatic heterocycles. The molecule has 156 valence electrons. The number of hydrogen-bond acceptors (Lipinski definition) is 2. The molecule has 0 saturated heterocycles. The van der Waals surface area contributed by atoms with E-state index in [9.17, 15) is 9.90 Å². The maximum Gasteiger partial charge on any atom is 0.335 e. The predicted molar refractivity (Wildman–Crippen MR) is 129 cm³/mol. The van der Waals surface area contributed by atoms with Crippen LogP contribution in [0.2, 0.25) is 0 Å². The van der Waals surface area contributed by atoms with Crippen molar-refractivity contribution < 1.29 is 14.6 Å². The number of aromatic carboxylic acids is 1. The second-order valence-electron chi connectivity index (χ2n) is 7.08. The summed E-state index contributed by atoms with van der Waals surface area (Å²) >= 11 is 7.13. The molecule has 0 saturated carbocycles. The number of aromatic nitrogens is 1. The van der Waals surface area contributed by atoms with Gasteiger partial charge in [0.1, 0.15) is 12.4 Å². The number of nitrogens with zero attached hydrogens (tertiary/aromatic N) is 1.